The van der Waals surface area contributed by atoms with Gasteiger partial charge in [-0.15, -0.1) is 0 Å². The Morgan fingerprint density at radius 3 is 2.56 bits per heavy atom. The fourth-order valence-electron chi connectivity index (χ4n) is 1.49. The normalized spacial score (nSPS) is 14.2. The van der Waals surface area contributed by atoms with Crippen LogP contribution in [-0.2, 0) is 4.74 Å². The molecule has 1 aromatic carbocycles. The molecule has 4 heteroatoms. The van der Waals surface area contributed by atoms with Crippen molar-refractivity contribution in [1.82, 2.24) is 0 Å². The molecule has 0 saturated carbocycles. The van der Waals surface area contributed by atoms with Gasteiger partial charge in [0, 0.05) is 13.2 Å². The molecule has 1 aromatic rings. The Morgan fingerprint density at radius 2 is 1.89 bits per heavy atom. The Bertz CT molecular complexity index is 314. The molecule has 1 rings (SSSR count). The molecule has 0 fully saturated rings. The SMILES string of the molecule is CC(O)(CN)CCCOCCOc1ccccc1. The van der Waals surface area contributed by atoms with E-state index in [9.17, 15) is 5.11 Å². The maximum Gasteiger partial charge on any atom is 0.119 e. The van der Waals surface area contributed by atoms with Gasteiger partial charge in [0.25, 0.3) is 0 Å². The first-order valence-electron chi connectivity index (χ1n) is 6.32. The number of benzene rings is 1. The van der Waals surface area contributed by atoms with Crippen LogP contribution in [0, 0.1) is 0 Å². The number of aliphatic hydroxyl groups is 1. The standard InChI is InChI=1S/C14H23NO3/c1-14(16,12-15)8-5-9-17-10-11-18-13-6-3-2-4-7-13/h2-4,6-7,16H,5,8-12,15H2,1H3. The van der Waals surface area contributed by atoms with E-state index in [1.165, 1.54) is 0 Å². The van der Waals surface area contributed by atoms with Crippen molar-refractivity contribution in [2.45, 2.75) is 25.4 Å². The predicted octanol–water partition coefficient (Wildman–Crippen LogP) is 1.57. The van der Waals surface area contributed by atoms with E-state index in [4.69, 9.17) is 15.2 Å². The van der Waals surface area contributed by atoms with Crippen LogP contribution in [0.1, 0.15) is 19.8 Å². The zero-order chi connectivity index (χ0) is 13.3. The monoisotopic (exact) mass is 253 g/mol. The molecule has 0 aliphatic rings. The minimum Gasteiger partial charge on any atom is -0.491 e. The van der Waals surface area contributed by atoms with Gasteiger partial charge in [-0.3, -0.25) is 0 Å². The second-order valence-corrected chi connectivity index (χ2v) is 4.58. The van der Waals surface area contributed by atoms with Crippen molar-refractivity contribution in [2.75, 3.05) is 26.4 Å². The second-order valence-electron chi connectivity index (χ2n) is 4.58. The lowest BCUT2D eigenvalue weighted by Crippen LogP contribution is -2.34. The summed E-state index contributed by atoms with van der Waals surface area (Å²) in [5, 5.41) is 9.67. The van der Waals surface area contributed by atoms with Crippen LogP contribution in [-0.4, -0.2) is 37.1 Å². The zero-order valence-corrected chi connectivity index (χ0v) is 11.0. The molecule has 0 aromatic heterocycles. The fourth-order valence-corrected chi connectivity index (χ4v) is 1.49. The largest absolute Gasteiger partial charge is 0.491 e. The Morgan fingerprint density at radius 1 is 1.17 bits per heavy atom. The third kappa shape index (κ3) is 6.59. The van der Waals surface area contributed by atoms with E-state index < -0.39 is 5.60 Å². The molecular formula is C14H23NO3. The van der Waals surface area contributed by atoms with Gasteiger partial charge in [0.2, 0.25) is 0 Å². The average molecular weight is 253 g/mol. The molecule has 0 aliphatic heterocycles. The Balaban J connectivity index is 1.96. The van der Waals surface area contributed by atoms with Gasteiger partial charge in [-0.05, 0) is 31.9 Å². The summed E-state index contributed by atoms with van der Waals surface area (Å²) >= 11 is 0. The number of rotatable bonds is 9. The summed E-state index contributed by atoms with van der Waals surface area (Å²) < 4.78 is 10.9. The summed E-state index contributed by atoms with van der Waals surface area (Å²) in [5.41, 5.74) is 4.65. The first-order chi connectivity index (χ1) is 8.64. The quantitative estimate of drug-likeness (QED) is 0.656. The van der Waals surface area contributed by atoms with Gasteiger partial charge in [0.15, 0.2) is 0 Å². The van der Waals surface area contributed by atoms with Crippen LogP contribution in [0.2, 0.25) is 0 Å². The number of hydrogen-bond acceptors (Lipinski definition) is 4. The second kappa shape index (κ2) is 8.08. The topological polar surface area (TPSA) is 64.7 Å². The average Bonchev–Trinajstić information content (AvgIpc) is 2.39. The molecule has 0 saturated heterocycles. The molecule has 0 amide bonds. The maximum absolute atomic E-state index is 9.67. The molecule has 0 spiro atoms. The molecule has 0 heterocycles. The minimum atomic E-state index is -0.774. The van der Waals surface area contributed by atoms with Crippen molar-refractivity contribution in [3.8, 4) is 5.75 Å². The Hall–Kier alpha value is -1.10. The van der Waals surface area contributed by atoms with Crippen LogP contribution in [0.5, 0.6) is 5.75 Å². The highest BCUT2D eigenvalue weighted by atomic mass is 16.5. The van der Waals surface area contributed by atoms with Crippen molar-refractivity contribution < 1.29 is 14.6 Å². The van der Waals surface area contributed by atoms with E-state index in [1.807, 2.05) is 30.3 Å². The van der Waals surface area contributed by atoms with E-state index in [2.05, 4.69) is 0 Å². The molecule has 1 atom stereocenters. The third-order valence-corrected chi connectivity index (χ3v) is 2.68. The Labute approximate surface area is 109 Å². The molecule has 4 nitrogen and oxygen atoms in total. The van der Waals surface area contributed by atoms with Crippen LogP contribution in [0.25, 0.3) is 0 Å². The number of nitrogens with two attached hydrogens (primary N) is 1. The number of ether oxygens (including phenoxy) is 2. The van der Waals surface area contributed by atoms with Crippen LogP contribution < -0.4 is 10.5 Å². The van der Waals surface area contributed by atoms with Crippen molar-refractivity contribution in [3.63, 3.8) is 0 Å². The molecular weight excluding hydrogens is 230 g/mol. The van der Waals surface area contributed by atoms with Crippen molar-refractivity contribution in [3.05, 3.63) is 30.3 Å². The maximum atomic E-state index is 9.67. The van der Waals surface area contributed by atoms with Crippen LogP contribution in [0.4, 0.5) is 0 Å². The van der Waals surface area contributed by atoms with Crippen molar-refractivity contribution in [2.24, 2.45) is 5.73 Å². The molecule has 3 N–H and O–H groups in total. The predicted molar refractivity (Wildman–Crippen MR) is 71.7 cm³/mol. The molecule has 18 heavy (non-hydrogen) atoms. The van der Waals surface area contributed by atoms with E-state index in [0.29, 0.717) is 26.2 Å². The van der Waals surface area contributed by atoms with E-state index in [1.54, 1.807) is 6.92 Å². The minimum absolute atomic E-state index is 0.282. The van der Waals surface area contributed by atoms with E-state index >= 15 is 0 Å². The third-order valence-electron chi connectivity index (χ3n) is 2.68. The highest BCUT2D eigenvalue weighted by Crippen LogP contribution is 2.10. The van der Waals surface area contributed by atoms with Gasteiger partial charge in [0.05, 0.1) is 12.2 Å². The molecule has 0 radical (unpaired) electrons. The Kier molecular flexibility index (Phi) is 6.72. The van der Waals surface area contributed by atoms with Crippen LogP contribution in [0.15, 0.2) is 30.3 Å². The lowest BCUT2D eigenvalue weighted by atomic mass is 10.0. The van der Waals surface area contributed by atoms with Crippen molar-refractivity contribution >= 4 is 0 Å². The van der Waals surface area contributed by atoms with Crippen LogP contribution in [0.3, 0.4) is 0 Å². The van der Waals surface area contributed by atoms with E-state index in [0.717, 1.165) is 12.2 Å². The molecule has 102 valence electrons. The van der Waals surface area contributed by atoms with Crippen molar-refractivity contribution in [1.29, 1.82) is 0 Å². The van der Waals surface area contributed by atoms with Gasteiger partial charge in [-0.2, -0.15) is 0 Å². The smallest absolute Gasteiger partial charge is 0.119 e. The summed E-state index contributed by atoms with van der Waals surface area (Å²) in [6, 6.07) is 9.65. The molecule has 1 unspecified atom stereocenters. The van der Waals surface area contributed by atoms with E-state index in [-0.39, 0.29) is 6.54 Å². The van der Waals surface area contributed by atoms with Gasteiger partial charge in [-0.25, -0.2) is 0 Å². The summed E-state index contributed by atoms with van der Waals surface area (Å²) in [6.07, 6.45) is 1.46. The summed E-state index contributed by atoms with van der Waals surface area (Å²) in [4.78, 5) is 0. The zero-order valence-electron chi connectivity index (χ0n) is 11.0. The first kappa shape index (κ1) is 15.0. The molecule has 0 aliphatic carbocycles. The van der Waals surface area contributed by atoms with Crippen LogP contribution >= 0.6 is 0 Å². The lowest BCUT2D eigenvalue weighted by Gasteiger charge is -2.20. The first-order valence-corrected chi connectivity index (χ1v) is 6.32. The lowest BCUT2D eigenvalue weighted by molar-refractivity contribution is 0.0394. The highest BCUT2D eigenvalue weighted by Gasteiger charge is 2.16. The summed E-state index contributed by atoms with van der Waals surface area (Å²) in [6.45, 7) is 3.74. The molecule has 0 bridgehead atoms. The van der Waals surface area contributed by atoms with Gasteiger partial charge >= 0.3 is 0 Å². The van der Waals surface area contributed by atoms with Gasteiger partial charge in [0.1, 0.15) is 12.4 Å². The highest BCUT2D eigenvalue weighted by molar-refractivity contribution is 5.20. The number of para-hydroxylation sites is 1. The van der Waals surface area contributed by atoms with Gasteiger partial charge in [-0.1, -0.05) is 18.2 Å². The van der Waals surface area contributed by atoms with Gasteiger partial charge < -0.3 is 20.3 Å². The summed E-state index contributed by atoms with van der Waals surface area (Å²) in [5.74, 6) is 0.854. The fraction of sp³-hybridized carbons (Fsp3) is 0.571. The number of hydrogen-bond donors (Lipinski definition) is 2. The summed E-state index contributed by atoms with van der Waals surface area (Å²) in [7, 11) is 0.